The predicted molar refractivity (Wildman–Crippen MR) is 184 cm³/mol. The SMILES string of the molecule is CC1(C)c2ccccc2-c2c(-n3cc4c5cc(-c6ccccc6)ccc5nc-4c4cc(-c5ccccc5)ccc43)cccc21. The average Bonchev–Trinajstić information content (AvgIpc) is 3.57. The molecular weight excluding hydrogens is 532 g/mol. The first-order valence-electron chi connectivity index (χ1n) is 15.3. The molecule has 0 unspecified atom stereocenters. The Balaban J connectivity index is 1.38. The number of rotatable bonds is 3. The molecule has 0 fully saturated rings. The van der Waals surface area contributed by atoms with Gasteiger partial charge in [-0.05, 0) is 69.3 Å². The van der Waals surface area contributed by atoms with Crippen molar-refractivity contribution in [2.24, 2.45) is 0 Å². The van der Waals surface area contributed by atoms with Crippen molar-refractivity contribution in [2.45, 2.75) is 19.3 Å². The minimum Gasteiger partial charge on any atom is -0.315 e. The van der Waals surface area contributed by atoms with Gasteiger partial charge in [0, 0.05) is 33.5 Å². The standard InChI is InChI=1S/C42H30N2/c1-42(2)35-17-10-9-16-31(35)40-36(42)18-11-19-39(40)44-26-34-32-24-29(27-12-5-3-6-13-27)20-22-37(32)43-41(34)33-25-30(21-23-38(33)44)28-14-7-4-8-15-28/h3-26H,1-2H3. The van der Waals surface area contributed by atoms with Gasteiger partial charge in [0.05, 0.1) is 22.4 Å². The van der Waals surface area contributed by atoms with E-state index in [0.717, 1.165) is 22.1 Å². The molecule has 0 saturated heterocycles. The maximum absolute atomic E-state index is 5.27. The van der Waals surface area contributed by atoms with Crippen molar-refractivity contribution in [3.8, 4) is 50.3 Å². The van der Waals surface area contributed by atoms with E-state index in [1.54, 1.807) is 0 Å². The van der Waals surface area contributed by atoms with Crippen molar-refractivity contribution in [2.75, 3.05) is 0 Å². The molecule has 0 amide bonds. The van der Waals surface area contributed by atoms with Crippen LogP contribution < -0.4 is 0 Å². The molecule has 44 heavy (non-hydrogen) atoms. The van der Waals surface area contributed by atoms with Crippen molar-refractivity contribution in [3.05, 3.63) is 157 Å². The van der Waals surface area contributed by atoms with E-state index in [0.29, 0.717) is 0 Å². The fraction of sp³-hybridized carbons (Fsp3) is 0.0714. The van der Waals surface area contributed by atoms with E-state index in [1.807, 2.05) is 0 Å². The molecule has 2 nitrogen and oxygen atoms in total. The van der Waals surface area contributed by atoms with E-state index in [1.165, 1.54) is 61.1 Å². The molecule has 208 valence electrons. The summed E-state index contributed by atoms with van der Waals surface area (Å²) in [6.45, 7) is 4.69. The second kappa shape index (κ2) is 9.26. The number of fused-ring (bicyclic) bond motifs is 8. The Bertz CT molecular complexity index is 2340. The van der Waals surface area contributed by atoms with Crippen LogP contribution in [-0.2, 0) is 5.41 Å². The minimum atomic E-state index is -0.0674. The highest BCUT2D eigenvalue weighted by Crippen LogP contribution is 2.51. The van der Waals surface area contributed by atoms with Gasteiger partial charge in [-0.3, -0.25) is 0 Å². The van der Waals surface area contributed by atoms with Crippen LogP contribution in [-0.4, -0.2) is 9.55 Å². The summed E-state index contributed by atoms with van der Waals surface area (Å²) in [5, 5.41) is 2.33. The van der Waals surface area contributed by atoms with Gasteiger partial charge in [-0.1, -0.05) is 123 Å². The Morgan fingerprint density at radius 2 is 1.16 bits per heavy atom. The molecule has 2 heterocycles. The smallest absolute Gasteiger partial charge is 0.0824 e. The summed E-state index contributed by atoms with van der Waals surface area (Å²) in [6, 6.07) is 50.5. The summed E-state index contributed by atoms with van der Waals surface area (Å²) in [7, 11) is 0. The van der Waals surface area contributed by atoms with Gasteiger partial charge in [0.2, 0.25) is 0 Å². The highest BCUT2D eigenvalue weighted by Gasteiger charge is 2.37. The zero-order valence-electron chi connectivity index (χ0n) is 24.8. The quantitative estimate of drug-likeness (QED) is 0.209. The lowest BCUT2D eigenvalue weighted by atomic mass is 9.82. The van der Waals surface area contributed by atoms with Crippen LogP contribution in [0.3, 0.4) is 0 Å². The average molecular weight is 563 g/mol. The molecule has 0 aromatic heterocycles. The van der Waals surface area contributed by atoms with Gasteiger partial charge in [0.15, 0.2) is 0 Å². The van der Waals surface area contributed by atoms with Gasteiger partial charge >= 0.3 is 0 Å². The topological polar surface area (TPSA) is 17.8 Å². The lowest BCUT2D eigenvalue weighted by Gasteiger charge is -2.22. The van der Waals surface area contributed by atoms with Gasteiger partial charge in [-0.15, -0.1) is 0 Å². The monoisotopic (exact) mass is 562 g/mol. The van der Waals surface area contributed by atoms with Gasteiger partial charge in [-0.2, -0.15) is 0 Å². The van der Waals surface area contributed by atoms with Gasteiger partial charge in [-0.25, -0.2) is 4.98 Å². The molecule has 0 N–H and O–H groups in total. The van der Waals surface area contributed by atoms with E-state index in [-0.39, 0.29) is 5.41 Å². The van der Waals surface area contributed by atoms with Crippen LogP contribution in [0.2, 0.25) is 0 Å². The first-order valence-corrected chi connectivity index (χ1v) is 15.3. The van der Waals surface area contributed by atoms with Crippen LogP contribution >= 0.6 is 0 Å². The lowest BCUT2D eigenvalue weighted by molar-refractivity contribution is 0.660. The molecule has 0 saturated carbocycles. The summed E-state index contributed by atoms with van der Waals surface area (Å²) in [6.07, 6.45) is 2.33. The summed E-state index contributed by atoms with van der Waals surface area (Å²) < 4.78 is 2.42. The van der Waals surface area contributed by atoms with Gasteiger partial charge in [0.1, 0.15) is 0 Å². The number of pyridine rings is 1. The fourth-order valence-electron chi connectivity index (χ4n) is 7.38. The van der Waals surface area contributed by atoms with Crippen LogP contribution in [0.15, 0.2) is 146 Å². The van der Waals surface area contributed by atoms with Crippen molar-refractivity contribution in [1.82, 2.24) is 9.55 Å². The zero-order valence-corrected chi connectivity index (χ0v) is 24.8. The fourth-order valence-corrected chi connectivity index (χ4v) is 7.38. The molecule has 0 radical (unpaired) electrons. The van der Waals surface area contributed by atoms with E-state index in [4.69, 9.17) is 4.98 Å². The van der Waals surface area contributed by atoms with Crippen molar-refractivity contribution in [1.29, 1.82) is 0 Å². The Morgan fingerprint density at radius 3 is 1.91 bits per heavy atom. The molecule has 3 aliphatic rings. The largest absolute Gasteiger partial charge is 0.315 e. The third-order valence-corrected chi connectivity index (χ3v) is 9.60. The second-order valence-electron chi connectivity index (χ2n) is 12.4. The number of hydrogen-bond acceptors (Lipinski definition) is 1. The molecule has 0 atom stereocenters. The second-order valence-corrected chi connectivity index (χ2v) is 12.4. The highest BCUT2D eigenvalue weighted by atomic mass is 15.0. The highest BCUT2D eigenvalue weighted by molar-refractivity contribution is 6.09. The maximum atomic E-state index is 5.27. The molecule has 6 aromatic rings. The van der Waals surface area contributed by atoms with Crippen LogP contribution in [0.25, 0.3) is 72.1 Å². The van der Waals surface area contributed by atoms with Crippen LogP contribution in [0, 0.1) is 0 Å². The Hall–Kier alpha value is -5.47. The van der Waals surface area contributed by atoms with E-state index in [9.17, 15) is 0 Å². The minimum absolute atomic E-state index is 0.0674. The lowest BCUT2D eigenvalue weighted by Crippen LogP contribution is -2.15. The number of benzene rings is 6. The molecule has 2 heteroatoms. The summed E-state index contributed by atoms with van der Waals surface area (Å²) in [5.74, 6) is 0. The Kier molecular flexibility index (Phi) is 5.28. The van der Waals surface area contributed by atoms with Gasteiger partial charge < -0.3 is 4.57 Å². The summed E-state index contributed by atoms with van der Waals surface area (Å²) >= 11 is 0. The van der Waals surface area contributed by atoms with Gasteiger partial charge in [0.25, 0.3) is 0 Å². The van der Waals surface area contributed by atoms with E-state index < -0.39 is 0 Å². The van der Waals surface area contributed by atoms with Crippen molar-refractivity contribution < 1.29 is 0 Å². The number of aromatic nitrogens is 2. The summed E-state index contributed by atoms with van der Waals surface area (Å²) in [5.41, 5.74) is 15.7. The first-order chi connectivity index (χ1) is 21.6. The third-order valence-electron chi connectivity index (χ3n) is 9.60. The summed E-state index contributed by atoms with van der Waals surface area (Å²) in [4.78, 5) is 5.27. The van der Waals surface area contributed by atoms with Crippen LogP contribution in [0.5, 0.6) is 0 Å². The number of hydrogen-bond donors (Lipinski definition) is 0. The first kappa shape index (κ1) is 25.1. The molecule has 9 rings (SSSR count). The molecule has 2 aliphatic heterocycles. The predicted octanol–water partition coefficient (Wildman–Crippen LogP) is 10.9. The third kappa shape index (κ3) is 3.58. The molecule has 6 aromatic carbocycles. The van der Waals surface area contributed by atoms with E-state index in [2.05, 4.69) is 164 Å². The van der Waals surface area contributed by atoms with E-state index >= 15 is 0 Å². The zero-order chi connectivity index (χ0) is 29.4. The molecule has 0 bridgehead atoms. The van der Waals surface area contributed by atoms with Crippen molar-refractivity contribution >= 4 is 21.8 Å². The van der Waals surface area contributed by atoms with Crippen LogP contribution in [0.4, 0.5) is 0 Å². The Morgan fingerprint density at radius 1 is 0.523 bits per heavy atom. The number of nitrogens with zero attached hydrogens (tertiary/aromatic N) is 2. The normalized spacial score (nSPS) is 13.4. The van der Waals surface area contributed by atoms with Crippen LogP contribution in [0.1, 0.15) is 25.0 Å². The molecule has 0 spiro atoms. The van der Waals surface area contributed by atoms with Crippen molar-refractivity contribution in [3.63, 3.8) is 0 Å². The Labute approximate surface area is 257 Å². The molecule has 1 aliphatic carbocycles. The molecular formula is C42H30N2. The maximum Gasteiger partial charge on any atom is 0.0824 e.